The Morgan fingerprint density at radius 1 is 1.50 bits per heavy atom. The van der Waals surface area contributed by atoms with Crippen molar-refractivity contribution < 1.29 is 9.90 Å². The number of carbonyl (C=O) groups excluding carboxylic acids is 1. The topological polar surface area (TPSA) is 61.4 Å². The lowest BCUT2D eigenvalue weighted by molar-refractivity contribution is -0.135. The standard InChI is InChI=1S/C12H24N2O2/c1-3-4-7-14-11(15)10(2)12(16)5-8-13-9-6-12/h10,13,16H,3-9H2,1-2H3,(H,14,15). The van der Waals surface area contributed by atoms with Crippen molar-refractivity contribution in [2.75, 3.05) is 19.6 Å². The molecule has 1 aliphatic heterocycles. The molecule has 0 aromatic carbocycles. The molecule has 0 saturated carbocycles. The number of hydrogen-bond acceptors (Lipinski definition) is 3. The first kappa shape index (κ1) is 13.5. The number of rotatable bonds is 5. The summed E-state index contributed by atoms with van der Waals surface area (Å²) in [6.07, 6.45) is 3.39. The highest BCUT2D eigenvalue weighted by Crippen LogP contribution is 2.27. The first-order chi connectivity index (χ1) is 7.60. The minimum atomic E-state index is -0.818. The zero-order valence-corrected chi connectivity index (χ0v) is 10.4. The fourth-order valence-corrected chi connectivity index (χ4v) is 2.08. The van der Waals surface area contributed by atoms with Crippen molar-refractivity contribution in [2.24, 2.45) is 5.92 Å². The molecule has 1 saturated heterocycles. The lowest BCUT2D eigenvalue weighted by Gasteiger charge is -2.36. The molecular weight excluding hydrogens is 204 g/mol. The van der Waals surface area contributed by atoms with Crippen LogP contribution in [-0.2, 0) is 4.79 Å². The number of nitrogens with one attached hydrogen (secondary N) is 2. The molecule has 1 rings (SSSR count). The molecule has 1 aliphatic rings. The van der Waals surface area contributed by atoms with E-state index in [2.05, 4.69) is 17.6 Å². The molecule has 0 aliphatic carbocycles. The summed E-state index contributed by atoms with van der Waals surface area (Å²) in [7, 11) is 0. The quantitative estimate of drug-likeness (QED) is 0.606. The molecule has 3 N–H and O–H groups in total. The van der Waals surface area contributed by atoms with E-state index in [-0.39, 0.29) is 11.8 Å². The maximum absolute atomic E-state index is 11.8. The van der Waals surface area contributed by atoms with Gasteiger partial charge < -0.3 is 15.7 Å². The summed E-state index contributed by atoms with van der Waals surface area (Å²) in [4.78, 5) is 11.8. The van der Waals surface area contributed by atoms with Crippen LogP contribution < -0.4 is 10.6 Å². The van der Waals surface area contributed by atoms with Crippen molar-refractivity contribution in [1.29, 1.82) is 0 Å². The van der Waals surface area contributed by atoms with Gasteiger partial charge >= 0.3 is 0 Å². The average Bonchev–Trinajstić information content (AvgIpc) is 2.29. The van der Waals surface area contributed by atoms with Crippen LogP contribution in [0.2, 0.25) is 0 Å². The summed E-state index contributed by atoms with van der Waals surface area (Å²) in [5.41, 5.74) is -0.818. The van der Waals surface area contributed by atoms with Crippen molar-refractivity contribution in [2.45, 2.75) is 45.1 Å². The number of amides is 1. The maximum Gasteiger partial charge on any atom is 0.225 e. The summed E-state index contributed by atoms with van der Waals surface area (Å²) in [6, 6.07) is 0. The Hall–Kier alpha value is -0.610. The minimum Gasteiger partial charge on any atom is -0.389 e. The molecule has 0 radical (unpaired) electrons. The molecule has 94 valence electrons. The Kier molecular flexibility index (Phi) is 5.22. The zero-order valence-electron chi connectivity index (χ0n) is 10.4. The highest BCUT2D eigenvalue weighted by molar-refractivity contribution is 5.79. The molecule has 1 unspecified atom stereocenters. The van der Waals surface area contributed by atoms with Gasteiger partial charge in [0.2, 0.25) is 5.91 Å². The van der Waals surface area contributed by atoms with Crippen LogP contribution in [0.15, 0.2) is 0 Å². The van der Waals surface area contributed by atoms with E-state index in [1.54, 1.807) is 0 Å². The molecule has 16 heavy (non-hydrogen) atoms. The lowest BCUT2D eigenvalue weighted by atomic mass is 9.80. The molecule has 4 nitrogen and oxygen atoms in total. The normalized spacial score (nSPS) is 21.4. The van der Waals surface area contributed by atoms with E-state index >= 15 is 0 Å². The van der Waals surface area contributed by atoms with E-state index in [1.807, 2.05) is 6.92 Å². The van der Waals surface area contributed by atoms with Crippen molar-refractivity contribution >= 4 is 5.91 Å². The Morgan fingerprint density at radius 3 is 2.69 bits per heavy atom. The number of aliphatic hydroxyl groups is 1. The first-order valence-electron chi connectivity index (χ1n) is 6.31. The van der Waals surface area contributed by atoms with Crippen LogP contribution in [0, 0.1) is 5.92 Å². The molecule has 1 fully saturated rings. The molecular formula is C12H24N2O2. The van der Waals surface area contributed by atoms with Gasteiger partial charge in [0.05, 0.1) is 11.5 Å². The van der Waals surface area contributed by atoms with Gasteiger partial charge in [0.15, 0.2) is 0 Å². The predicted molar refractivity (Wildman–Crippen MR) is 64.1 cm³/mol. The molecule has 0 spiro atoms. The summed E-state index contributed by atoms with van der Waals surface area (Å²) in [5, 5.41) is 16.4. The van der Waals surface area contributed by atoms with Gasteiger partial charge in [-0.3, -0.25) is 4.79 Å². The molecule has 4 heteroatoms. The summed E-state index contributed by atoms with van der Waals surface area (Å²) >= 11 is 0. The monoisotopic (exact) mass is 228 g/mol. The van der Waals surface area contributed by atoms with Gasteiger partial charge in [-0.25, -0.2) is 0 Å². The Morgan fingerprint density at radius 2 is 2.12 bits per heavy atom. The Balaban J connectivity index is 2.41. The molecule has 1 atom stereocenters. The molecule has 0 bridgehead atoms. The van der Waals surface area contributed by atoms with Crippen LogP contribution in [0.3, 0.4) is 0 Å². The van der Waals surface area contributed by atoms with E-state index in [0.717, 1.165) is 25.9 Å². The lowest BCUT2D eigenvalue weighted by Crippen LogP contribution is -2.51. The van der Waals surface area contributed by atoms with Gasteiger partial charge in [-0.2, -0.15) is 0 Å². The Bertz CT molecular complexity index is 225. The molecule has 1 heterocycles. The van der Waals surface area contributed by atoms with Gasteiger partial charge in [-0.1, -0.05) is 20.3 Å². The number of unbranched alkanes of at least 4 members (excludes halogenated alkanes) is 1. The maximum atomic E-state index is 11.8. The van der Waals surface area contributed by atoms with Crippen LogP contribution in [0.25, 0.3) is 0 Å². The summed E-state index contributed by atoms with van der Waals surface area (Å²) < 4.78 is 0. The number of carbonyl (C=O) groups is 1. The largest absolute Gasteiger partial charge is 0.389 e. The van der Waals surface area contributed by atoms with Gasteiger partial charge in [-0.05, 0) is 32.4 Å². The average molecular weight is 228 g/mol. The third-order valence-corrected chi connectivity index (χ3v) is 3.50. The van der Waals surface area contributed by atoms with E-state index in [1.165, 1.54) is 0 Å². The van der Waals surface area contributed by atoms with Gasteiger partial charge in [0.1, 0.15) is 0 Å². The number of piperidine rings is 1. The second-order valence-electron chi connectivity index (χ2n) is 4.72. The highest BCUT2D eigenvalue weighted by Gasteiger charge is 2.38. The third kappa shape index (κ3) is 3.46. The second kappa shape index (κ2) is 6.21. The number of hydrogen-bond donors (Lipinski definition) is 3. The fourth-order valence-electron chi connectivity index (χ4n) is 2.08. The highest BCUT2D eigenvalue weighted by atomic mass is 16.3. The van der Waals surface area contributed by atoms with Crippen LogP contribution in [0.4, 0.5) is 0 Å². The van der Waals surface area contributed by atoms with Crippen molar-refractivity contribution in [3.05, 3.63) is 0 Å². The smallest absolute Gasteiger partial charge is 0.225 e. The van der Waals surface area contributed by atoms with Gasteiger partial charge in [-0.15, -0.1) is 0 Å². The minimum absolute atomic E-state index is 0.0159. The van der Waals surface area contributed by atoms with Crippen LogP contribution >= 0.6 is 0 Å². The van der Waals surface area contributed by atoms with E-state index in [9.17, 15) is 9.90 Å². The third-order valence-electron chi connectivity index (χ3n) is 3.50. The second-order valence-corrected chi connectivity index (χ2v) is 4.72. The van der Waals surface area contributed by atoms with E-state index in [4.69, 9.17) is 0 Å². The van der Waals surface area contributed by atoms with Crippen molar-refractivity contribution in [3.63, 3.8) is 0 Å². The predicted octanol–water partition coefficient (Wildman–Crippen LogP) is 0.653. The SMILES string of the molecule is CCCCNC(=O)C(C)C1(O)CCNCC1. The van der Waals surface area contributed by atoms with Crippen LogP contribution in [0.1, 0.15) is 39.5 Å². The van der Waals surface area contributed by atoms with E-state index in [0.29, 0.717) is 19.4 Å². The van der Waals surface area contributed by atoms with E-state index < -0.39 is 5.60 Å². The molecule has 0 aromatic rings. The molecule has 0 aromatic heterocycles. The van der Waals surface area contributed by atoms with Crippen molar-refractivity contribution in [3.8, 4) is 0 Å². The van der Waals surface area contributed by atoms with Crippen molar-refractivity contribution in [1.82, 2.24) is 10.6 Å². The fraction of sp³-hybridized carbons (Fsp3) is 0.917. The molecule has 1 amide bonds. The van der Waals surface area contributed by atoms with Crippen LogP contribution in [0.5, 0.6) is 0 Å². The van der Waals surface area contributed by atoms with Crippen LogP contribution in [-0.4, -0.2) is 36.2 Å². The summed E-state index contributed by atoms with van der Waals surface area (Å²) in [5.74, 6) is -0.329. The zero-order chi connectivity index (χ0) is 12.0. The summed E-state index contributed by atoms with van der Waals surface area (Å²) in [6.45, 7) is 6.22. The first-order valence-corrected chi connectivity index (χ1v) is 6.31. The van der Waals surface area contributed by atoms with Gasteiger partial charge in [0.25, 0.3) is 0 Å². The van der Waals surface area contributed by atoms with Gasteiger partial charge in [0, 0.05) is 6.54 Å². The Labute approximate surface area is 97.8 Å².